The fourth-order valence-corrected chi connectivity index (χ4v) is 7.43. The van der Waals surface area contributed by atoms with Crippen molar-refractivity contribution >= 4 is 55.1 Å². The van der Waals surface area contributed by atoms with E-state index in [0.717, 1.165) is 30.7 Å². The molecule has 3 saturated heterocycles. The van der Waals surface area contributed by atoms with Gasteiger partial charge in [-0.15, -0.1) is 0 Å². The average Bonchev–Trinajstić information content (AvgIpc) is 3.62. The lowest BCUT2D eigenvalue weighted by atomic mass is 9.95. The van der Waals surface area contributed by atoms with Gasteiger partial charge < -0.3 is 20.1 Å². The molecule has 0 spiro atoms. The summed E-state index contributed by atoms with van der Waals surface area (Å²) in [5.74, 6) is -1.54. The zero-order valence-corrected chi connectivity index (χ0v) is 24.4. The van der Waals surface area contributed by atoms with Crippen LogP contribution >= 0.6 is 22.9 Å². The van der Waals surface area contributed by atoms with Crippen LogP contribution < -0.4 is 15.2 Å². The molecule has 2 atom stereocenters. The minimum absolute atomic E-state index is 0.00380. The summed E-state index contributed by atoms with van der Waals surface area (Å²) in [6.07, 6.45) is 1.88. The van der Waals surface area contributed by atoms with Crippen molar-refractivity contribution in [3.63, 3.8) is 0 Å². The molecule has 2 unspecified atom stereocenters. The number of thiazole rings is 1. The zero-order valence-electron chi connectivity index (χ0n) is 22.8. The number of benzene rings is 2. The molecule has 9 nitrogen and oxygen atoms in total. The third kappa shape index (κ3) is 4.74. The van der Waals surface area contributed by atoms with E-state index in [4.69, 9.17) is 26.8 Å². The highest BCUT2D eigenvalue weighted by Crippen LogP contribution is 2.44. The standard InChI is InChI=1S/C29H26ClF3N6O3S/c1-2-20(40)38-11-15(12-38)42-26-17-8-18(30)21(16-4-5-19(32)25-24(16)35-27(34)43-25)22(33)23(17)36-28(37-26)41-13-29-6-3-7-39(29)10-14(31)9-29/h2,4-5,8,14-15H,1,3,6-7,9-13H2,(H2,34,35). The largest absolute Gasteiger partial charge is 0.470 e. The van der Waals surface area contributed by atoms with Crippen molar-refractivity contribution in [2.24, 2.45) is 0 Å². The van der Waals surface area contributed by atoms with Crippen molar-refractivity contribution in [2.45, 2.75) is 37.1 Å². The molecule has 5 heterocycles. The Morgan fingerprint density at radius 3 is 2.84 bits per heavy atom. The Balaban J connectivity index is 1.31. The van der Waals surface area contributed by atoms with E-state index in [1.165, 1.54) is 24.3 Å². The van der Waals surface area contributed by atoms with Crippen molar-refractivity contribution in [1.29, 1.82) is 0 Å². The number of carbonyl (C=O) groups is 1. The maximum absolute atomic E-state index is 16.5. The number of likely N-dealkylation sites (tertiary alicyclic amines) is 1. The van der Waals surface area contributed by atoms with Crippen LogP contribution in [0.1, 0.15) is 19.3 Å². The first-order chi connectivity index (χ1) is 20.7. The van der Waals surface area contributed by atoms with Gasteiger partial charge in [-0.25, -0.2) is 18.2 Å². The number of halogens is 4. The van der Waals surface area contributed by atoms with Crippen molar-refractivity contribution < 1.29 is 27.4 Å². The Hall–Kier alpha value is -3.68. The van der Waals surface area contributed by atoms with Gasteiger partial charge in [0.15, 0.2) is 10.9 Å². The Morgan fingerprint density at radius 1 is 1.23 bits per heavy atom. The first-order valence-corrected chi connectivity index (χ1v) is 15.0. The monoisotopic (exact) mass is 630 g/mol. The minimum atomic E-state index is -0.949. The van der Waals surface area contributed by atoms with E-state index < -0.39 is 29.4 Å². The molecule has 3 aliphatic heterocycles. The molecule has 2 N–H and O–H groups in total. The van der Waals surface area contributed by atoms with Crippen LogP contribution in [0.2, 0.25) is 5.02 Å². The lowest BCUT2D eigenvalue weighted by Gasteiger charge is -2.38. The van der Waals surface area contributed by atoms with Gasteiger partial charge in [-0.2, -0.15) is 9.97 Å². The summed E-state index contributed by atoms with van der Waals surface area (Å²) in [7, 11) is 0. The summed E-state index contributed by atoms with van der Waals surface area (Å²) < 4.78 is 57.7. The second-order valence-electron chi connectivity index (χ2n) is 11.1. The Bertz CT molecular complexity index is 1800. The third-order valence-corrected chi connectivity index (χ3v) is 9.64. The number of nitrogens with two attached hydrogens (primary N) is 1. The molecule has 224 valence electrons. The predicted molar refractivity (Wildman–Crippen MR) is 157 cm³/mol. The van der Waals surface area contributed by atoms with Gasteiger partial charge >= 0.3 is 6.01 Å². The van der Waals surface area contributed by atoms with E-state index in [2.05, 4.69) is 26.4 Å². The van der Waals surface area contributed by atoms with E-state index in [1.807, 2.05) is 0 Å². The van der Waals surface area contributed by atoms with Gasteiger partial charge in [0, 0.05) is 24.1 Å². The molecule has 3 aliphatic rings. The molecule has 2 aromatic carbocycles. The van der Waals surface area contributed by atoms with E-state index in [1.54, 1.807) is 4.90 Å². The van der Waals surface area contributed by atoms with Crippen LogP contribution in [0.25, 0.3) is 32.2 Å². The number of aromatic nitrogens is 3. The fraction of sp³-hybridized carbons (Fsp3) is 0.379. The molecule has 4 aromatic rings. The van der Waals surface area contributed by atoms with Crippen molar-refractivity contribution in [2.75, 3.05) is 38.5 Å². The van der Waals surface area contributed by atoms with Crippen LogP contribution in [0.4, 0.5) is 18.3 Å². The fourth-order valence-electron chi connectivity index (χ4n) is 6.37. The number of fused-ring (bicyclic) bond motifs is 3. The zero-order chi connectivity index (χ0) is 30.0. The molecule has 0 bridgehead atoms. The minimum Gasteiger partial charge on any atom is -0.470 e. The molecular formula is C29H26ClF3N6O3S. The van der Waals surface area contributed by atoms with E-state index in [0.29, 0.717) is 13.0 Å². The molecule has 0 aliphatic carbocycles. The number of nitrogens with zero attached hydrogens (tertiary/aromatic N) is 5. The molecule has 0 saturated carbocycles. The second kappa shape index (κ2) is 10.5. The molecule has 3 fully saturated rings. The number of carbonyl (C=O) groups excluding carboxylic acids is 1. The van der Waals surface area contributed by atoms with Gasteiger partial charge in [-0.1, -0.05) is 29.5 Å². The summed E-state index contributed by atoms with van der Waals surface area (Å²) in [5.41, 5.74) is 5.62. The van der Waals surface area contributed by atoms with Gasteiger partial charge in [-0.3, -0.25) is 9.69 Å². The second-order valence-corrected chi connectivity index (χ2v) is 12.6. The number of anilines is 1. The molecule has 1 amide bonds. The highest BCUT2D eigenvalue weighted by atomic mass is 35.5. The quantitative estimate of drug-likeness (QED) is 0.280. The van der Waals surface area contributed by atoms with Gasteiger partial charge in [-0.05, 0) is 43.7 Å². The lowest BCUT2D eigenvalue weighted by molar-refractivity contribution is -0.134. The summed E-state index contributed by atoms with van der Waals surface area (Å²) in [6.45, 7) is 5.33. The van der Waals surface area contributed by atoms with Crippen LogP contribution in [-0.2, 0) is 4.79 Å². The average molecular weight is 631 g/mol. The lowest BCUT2D eigenvalue weighted by Crippen LogP contribution is -2.55. The number of amides is 1. The molecule has 43 heavy (non-hydrogen) atoms. The van der Waals surface area contributed by atoms with Crippen molar-refractivity contribution in [1.82, 2.24) is 24.8 Å². The number of hydrogen-bond acceptors (Lipinski definition) is 9. The first-order valence-electron chi connectivity index (χ1n) is 13.8. The van der Waals surface area contributed by atoms with Crippen molar-refractivity contribution in [3.8, 4) is 23.0 Å². The molecular weight excluding hydrogens is 605 g/mol. The summed E-state index contributed by atoms with van der Waals surface area (Å²) >= 11 is 7.60. The van der Waals surface area contributed by atoms with Gasteiger partial charge in [0.1, 0.15) is 30.2 Å². The van der Waals surface area contributed by atoms with E-state index in [-0.39, 0.29) is 79.9 Å². The molecule has 0 radical (unpaired) electrons. The van der Waals surface area contributed by atoms with E-state index >= 15 is 4.39 Å². The Labute approximate surface area is 253 Å². The number of hydrogen-bond donors (Lipinski definition) is 1. The number of ether oxygens (including phenoxy) is 2. The SMILES string of the molecule is C=CC(=O)N1CC(Oc2nc(OCC34CCCN3CC(F)C4)nc3c(F)c(-c4ccc(F)c5sc(N)nc45)c(Cl)cc23)C1. The van der Waals surface area contributed by atoms with Gasteiger partial charge in [0.05, 0.1) is 39.3 Å². The topological polar surface area (TPSA) is 107 Å². The number of alkyl halides is 1. The molecule has 7 rings (SSSR count). The first kappa shape index (κ1) is 28.1. The number of nitrogen functional groups attached to an aromatic ring is 1. The van der Waals surface area contributed by atoms with Crippen LogP contribution in [-0.4, -0.2) is 81.3 Å². The van der Waals surface area contributed by atoms with Crippen LogP contribution in [0.5, 0.6) is 11.9 Å². The van der Waals surface area contributed by atoms with Crippen LogP contribution in [0.3, 0.4) is 0 Å². The van der Waals surface area contributed by atoms with Gasteiger partial charge in [0.2, 0.25) is 11.8 Å². The Morgan fingerprint density at radius 2 is 2.05 bits per heavy atom. The predicted octanol–water partition coefficient (Wildman–Crippen LogP) is 5.15. The maximum Gasteiger partial charge on any atom is 0.320 e. The smallest absolute Gasteiger partial charge is 0.320 e. The highest BCUT2D eigenvalue weighted by Gasteiger charge is 2.49. The summed E-state index contributed by atoms with van der Waals surface area (Å²) in [4.78, 5) is 28.7. The normalized spacial score (nSPS) is 22.2. The van der Waals surface area contributed by atoms with Crippen LogP contribution in [0.15, 0.2) is 30.9 Å². The van der Waals surface area contributed by atoms with Crippen LogP contribution in [0, 0.1) is 11.6 Å². The molecule has 2 aromatic heterocycles. The van der Waals surface area contributed by atoms with E-state index in [9.17, 15) is 13.6 Å². The summed E-state index contributed by atoms with van der Waals surface area (Å²) in [6, 6.07) is 3.94. The highest BCUT2D eigenvalue weighted by molar-refractivity contribution is 7.22. The maximum atomic E-state index is 16.5. The van der Waals surface area contributed by atoms with Gasteiger partial charge in [0.25, 0.3) is 0 Å². The number of rotatable bonds is 7. The molecule has 14 heteroatoms. The third-order valence-electron chi connectivity index (χ3n) is 8.45. The van der Waals surface area contributed by atoms with Crippen molar-refractivity contribution in [3.05, 3.63) is 47.5 Å². The summed E-state index contributed by atoms with van der Waals surface area (Å²) in [5, 5.41) is 0.317. The Kier molecular flexibility index (Phi) is 6.86.